The lowest BCUT2D eigenvalue weighted by atomic mass is 9.91. The molecule has 4 nitrogen and oxygen atoms in total. The molecular formula is C25H36N2O2S. The molecule has 0 radical (unpaired) electrons. The van der Waals surface area contributed by atoms with Crippen LogP contribution in [0.25, 0.3) is 0 Å². The maximum Gasteiger partial charge on any atom is 0.242 e. The van der Waals surface area contributed by atoms with Crippen molar-refractivity contribution in [2.45, 2.75) is 73.5 Å². The van der Waals surface area contributed by atoms with Crippen molar-refractivity contribution in [1.29, 1.82) is 0 Å². The molecule has 5 heteroatoms. The zero-order valence-electron chi connectivity index (χ0n) is 19.3. The van der Waals surface area contributed by atoms with Crippen molar-refractivity contribution in [2.24, 2.45) is 5.41 Å². The van der Waals surface area contributed by atoms with Gasteiger partial charge in [0.1, 0.15) is 6.54 Å². The number of carbonyl (C=O) groups is 2. The van der Waals surface area contributed by atoms with Crippen molar-refractivity contribution in [3.8, 4) is 0 Å². The number of carbonyl (C=O) groups excluding carboxylic acids is 2. The summed E-state index contributed by atoms with van der Waals surface area (Å²) in [5, 5.41) is 2.06. The summed E-state index contributed by atoms with van der Waals surface area (Å²) in [5.41, 5.74) is 2.19. The molecule has 0 saturated carbocycles. The van der Waals surface area contributed by atoms with Gasteiger partial charge in [-0.25, -0.2) is 0 Å². The smallest absolute Gasteiger partial charge is 0.242 e. The maximum atomic E-state index is 13.4. The number of nitrogens with zero attached hydrogens (tertiary/aromatic N) is 2. The fourth-order valence-electron chi connectivity index (χ4n) is 3.29. The van der Waals surface area contributed by atoms with Crippen LogP contribution in [0.3, 0.4) is 0 Å². The number of amides is 2. The predicted molar refractivity (Wildman–Crippen MR) is 125 cm³/mol. The average Bonchev–Trinajstić information content (AvgIpc) is 3.08. The minimum atomic E-state index is -0.107. The fourth-order valence-corrected chi connectivity index (χ4v) is 4.21. The second kappa shape index (κ2) is 10.8. The van der Waals surface area contributed by atoms with E-state index in [1.54, 1.807) is 16.2 Å². The summed E-state index contributed by atoms with van der Waals surface area (Å²) in [6.07, 6.45) is 1.26. The van der Waals surface area contributed by atoms with Crippen LogP contribution in [-0.4, -0.2) is 34.2 Å². The van der Waals surface area contributed by atoms with Crippen LogP contribution in [0.4, 0.5) is 0 Å². The standard InChI is InChI=1S/C25H36N2O2S/c1-7-20(3)27(23(28)15-25(4,5)6)18-24(29)26(16-21-11-9-8-10-12-21)17-22-19(2)13-14-30-22/h8-14,20H,7,15-18H2,1-6H3/t20-/m0/s1. The third kappa shape index (κ3) is 7.28. The summed E-state index contributed by atoms with van der Waals surface area (Å²) >= 11 is 1.68. The van der Waals surface area contributed by atoms with Gasteiger partial charge >= 0.3 is 0 Å². The molecule has 0 fully saturated rings. The van der Waals surface area contributed by atoms with Crippen molar-refractivity contribution in [3.63, 3.8) is 0 Å². The van der Waals surface area contributed by atoms with E-state index in [4.69, 9.17) is 0 Å². The highest BCUT2D eigenvalue weighted by molar-refractivity contribution is 7.10. The normalized spacial score (nSPS) is 12.5. The van der Waals surface area contributed by atoms with Gasteiger partial charge in [0.15, 0.2) is 0 Å². The van der Waals surface area contributed by atoms with E-state index in [0.717, 1.165) is 12.0 Å². The van der Waals surface area contributed by atoms with Gasteiger partial charge in [-0.3, -0.25) is 9.59 Å². The van der Waals surface area contributed by atoms with Crippen LogP contribution in [0, 0.1) is 12.3 Å². The Bertz CT molecular complexity index is 823. The quantitative estimate of drug-likeness (QED) is 0.518. The number of hydrogen-bond donors (Lipinski definition) is 0. The third-order valence-corrected chi connectivity index (χ3v) is 6.31. The molecule has 1 heterocycles. The average molecular weight is 429 g/mol. The SMILES string of the molecule is CC[C@H](C)N(CC(=O)N(Cc1ccccc1)Cc1sccc1C)C(=O)CC(C)(C)C. The van der Waals surface area contributed by atoms with Gasteiger partial charge in [0.2, 0.25) is 11.8 Å². The highest BCUT2D eigenvalue weighted by Gasteiger charge is 2.28. The molecule has 2 rings (SSSR count). The van der Waals surface area contributed by atoms with Crippen LogP contribution < -0.4 is 0 Å². The maximum absolute atomic E-state index is 13.4. The van der Waals surface area contributed by atoms with E-state index in [1.807, 2.05) is 42.2 Å². The predicted octanol–water partition coefficient (Wildman–Crippen LogP) is 5.65. The summed E-state index contributed by atoms with van der Waals surface area (Å²) in [7, 11) is 0. The van der Waals surface area contributed by atoms with Gasteiger partial charge in [-0.2, -0.15) is 0 Å². The lowest BCUT2D eigenvalue weighted by Crippen LogP contribution is -2.47. The molecule has 0 saturated heterocycles. The molecule has 0 aliphatic rings. The van der Waals surface area contributed by atoms with Crippen LogP contribution in [-0.2, 0) is 22.7 Å². The minimum Gasteiger partial charge on any atom is -0.332 e. The Morgan fingerprint density at radius 1 is 1.03 bits per heavy atom. The van der Waals surface area contributed by atoms with Gasteiger partial charge in [0.25, 0.3) is 0 Å². The van der Waals surface area contributed by atoms with Crippen molar-refractivity contribution in [1.82, 2.24) is 9.80 Å². The van der Waals surface area contributed by atoms with E-state index in [1.165, 1.54) is 10.4 Å². The lowest BCUT2D eigenvalue weighted by Gasteiger charge is -2.33. The van der Waals surface area contributed by atoms with Gasteiger partial charge in [0, 0.05) is 23.9 Å². The molecule has 1 atom stereocenters. The van der Waals surface area contributed by atoms with E-state index < -0.39 is 0 Å². The van der Waals surface area contributed by atoms with Crippen molar-refractivity contribution < 1.29 is 9.59 Å². The Hall–Kier alpha value is -2.14. The Morgan fingerprint density at radius 3 is 2.23 bits per heavy atom. The minimum absolute atomic E-state index is 0.00536. The van der Waals surface area contributed by atoms with Gasteiger partial charge in [-0.05, 0) is 48.3 Å². The molecule has 0 aliphatic carbocycles. The summed E-state index contributed by atoms with van der Waals surface area (Å²) < 4.78 is 0. The van der Waals surface area contributed by atoms with Crippen LogP contribution >= 0.6 is 11.3 Å². The molecule has 0 N–H and O–H groups in total. The Morgan fingerprint density at radius 2 is 1.70 bits per heavy atom. The first-order valence-corrected chi connectivity index (χ1v) is 11.6. The Labute approximate surface area is 185 Å². The summed E-state index contributed by atoms with van der Waals surface area (Å²) in [6, 6.07) is 12.2. The van der Waals surface area contributed by atoms with Crippen LogP contribution in [0.2, 0.25) is 0 Å². The fraction of sp³-hybridized carbons (Fsp3) is 0.520. The Kier molecular flexibility index (Phi) is 8.65. The number of aryl methyl sites for hydroxylation is 1. The van der Waals surface area contributed by atoms with Crippen LogP contribution in [0.5, 0.6) is 0 Å². The molecular weight excluding hydrogens is 392 g/mol. The molecule has 0 spiro atoms. The first kappa shape index (κ1) is 24.1. The monoisotopic (exact) mass is 428 g/mol. The van der Waals surface area contributed by atoms with Gasteiger partial charge in [-0.15, -0.1) is 11.3 Å². The zero-order chi connectivity index (χ0) is 22.3. The molecule has 2 amide bonds. The summed E-state index contributed by atoms with van der Waals surface area (Å²) in [5.74, 6) is 0.0476. The van der Waals surface area contributed by atoms with Crippen molar-refractivity contribution in [2.75, 3.05) is 6.54 Å². The van der Waals surface area contributed by atoms with E-state index in [-0.39, 0.29) is 29.8 Å². The third-order valence-electron chi connectivity index (χ3n) is 5.30. The molecule has 0 unspecified atom stereocenters. The number of rotatable bonds is 9. The van der Waals surface area contributed by atoms with E-state index in [2.05, 4.69) is 46.1 Å². The van der Waals surface area contributed by atoms with Crippen molar-refractivity contribution >= 4 is 23.2 Å². The van der Waals surface area contributed by atoms with Crippen LogP contribution in [0.15, 0.2) is 41.8 Å². The van der Waals surface area contributed by atoms with E-state index in [0.29, 0.717) is 19.5 Å². The summed E-state index contributed by atoms with van der Waals surface area (Å²) in [4.78, 5) is 31.3. The van der Waals surface area contributed by atoms with Crippen molar-refractivity contribution in [3.05, 3.63) is 57.8 Å². The number of thiophene rings is 1. The molecule has 164 valence electrons. The first-order chi connectivity index (χ1) is 14.1. The van der Waals surface area contributed by atoms with Crippen LogP contribution in [0.1, 0.15) is 63.5 Å². The molecule has 1 aromatic carbocycles. The second-order valence-corrected chi connectivity index (χ2v) is 10.3. The zero-order valence-corrected chi connectivity index (χ0v) is 20.1. The first-order valence-electron chi connectivity index (χ1n) is 10.7. The lowest BCUT2D eigenvalue weighted by molar-refractivity contribution is -0.144. The largest absolute Gasteiger partial charge is 0.332 e. The molecule has 0 aliphatic heterocycles. The topological polar surface area (TPSA) is 40.6 Å². The van der Waals surface area contributed by atoms with Gasteiger partial charge in [0.05, 0.1) is 6.54 Å². The molecule has 30 heavy (non-hydrogen) atoms. The highest BCUT2D eigenvalue weighted by atomic mass is 32.1. The van der Waals surface area contributed by atoms with Gasteiger partial charge < -0.3 is 9.80 Å². The van der Waals surface area contributed by atoms with E-state index >= 15 is 0 Å². The molecule has 1 aromatic heterocycles. The number of benzene rings is 1. The Balaban J connectivity index is 2.23. The van der Waals surface area contributed by atoms with E-state index in [9.17, 15) is 9.59 Å². The van der Waals surface area contributed by atoms with Gasteiger partial charge in [-0.1, -0.05) is 58.0 Å². The highest BCUT2D eigenvalue weighted by Crippen LogP contribution is 2.23. The molecule has 2 aromatic rings. The second-order valence-electron chi connectivity index (χ2n) is 9.28. The molecule has 0 bridgehead atoms. The summed E-state index contributed by atoms with van der Waals surface area (Å²) in [6.45, 7) is 13.6. The number of hydrogen-bond acceptors (Lipinski definition) is 3.